The van der Waals surface area contributed by atoms with E-state index in [1.54, 1.807) is 0 Å². The SMILES string of the molecule is CN=C(NCCOCC1CC1)N1CC2OCCN(Cc3ccccc3)C2C1. The summed E-state index contributed by atoms with van der Waals surface area (Å²) in [7, 11) is 1.86. The van der Waals surface area contributed by atoms with E-state index in [1.807, 2.05) is 7.05 Å². The Morgan fingerprint density at radius 2 is 2.11 bits per heavy atom. The molecular formula is C21H32N4O2. The molecule has 2 unspecified atom stereocenters. The Labute approximate surface area is 162 Å². The number of aliphatic imine (C=N–C) groups is 1. The second-order valence-corrected chi connectivity index (χ2v) is 7.83. The van der Waals surface area contributed by atoms with E-state index in [0.29, 0.717) is 6.04 Å². The molecule has 1 saturated carbocycles. The van der Waals surface area contributed by atoms with Crippen LogP contribution in [-0.4, -0.2) is 81.0 Å². The molecule has 1 aromatic carbocycles. The Morgan fingerprint density at radius 3 is 2.89 bits per heavy atom. The van der Waals surface area contributed by atoms with Gasteiger partial charge in [-0.2, -0.15) is 0 Å². The normalized spacial score (nSPS) is 26.3. The molecule has 2 atom stereocenters. The first-order chi connectivity index (χ1) is 13.3. The molecule has 0 aromatic heterocycles. The summed E-state index contributed by atoms with van der Waals surface area (Å²) in [5.74, 6) is 1.78. The van der Waals surface area contributed by atoms with Gasteiger partial charge in [-0.05, 0) is 24.3 Å². The molecule has 2 heterocycles. The van der Waals surface area contributed by atoms with Crippen LogP contribution in [0, 0.1) is 5.92 Å². The Hall–Kier alpha value is -1.63. The predicted molar refractivity (Wildman–Crippen MR) is 107 cm³/mol. The number of hydrogen-bond donors (Lipinski definition) is 1. The number of morpholine rings is 1. The van der Waals surface area contributed by atoms with Crippen molar-refractivity contribution in [3.8, 4) is 0 Å². The van der Waals surface area contributed by atoms with Crippen LogP contribution in [-0.2, 0) is 16.0 Å². The minimum Gasteiger partial charge on any atom is -0.379 e. The first kappa shape index (κ1) is 18.7. The van der Waals surface area contributed by atoms with Gasteiger partial charge in [0.05, 0.1) is 25.4 Å². The predicted octanol–water partition coefficient (Wildman–Crippen LogP) is 1.57. The average Bonchev–Trinajstić information content (AvgIpc) is 3.42. The van der Waals surface area contributed by atoms with Crippen molar-refractivity contribution < 1.29 is 9.47 Å². The number of fused-ring (bicyclic) bond motifs is 1. The smallest absolute Gasteiger partial charge is 0.193 e. The summed E-state index contributed by atoms with van der Waals surface area (Å²) in [6, 6.07) is 11.1. The lowest BCUT2D eigenvalue weighted by Crippen LogP contribution is -2.50. The lowest BCUT2D eigenvalue weighted by molar-refractivity contribution is -0.0502. The molecule has 2 aliphatic heterocycles. The van der Waals surface area contributed by atoms with E-state index in [0.717, 1.165) is 64.4 Å². The summed E-state index contributed by atoms with van der Waals surface area (Å²) in [6.07, 6.45) is 2.93. The quantitative estimate of drug-likeness (QED) is 0.447. The lowest BCUT2D eigenvalue weighted by atomic mass is 10.1. The molecule has 3 fully saturated rings. The maximum absolute atomic E-state index is 6.08. The summed E-state index contributed by atoms with van der Waals surface area (Å²) in [4.78, 5) is 9.38. The second-order valence-electron chi connectivity index (χ2n) is 7.83. The highest BCUT2D eigenvalue weighted by atomic mass is 16.5. The minimum absolute atomic E-state index is 0.257. The summed E-state index contributed by atoms with van der Waals surface area (Å²) >= 11 is 0. The first-order valence-corrected chi connectivity index (χ1v) is 10.3. The van der Waals surface area contributed by atoms with Gasteiger partial charge < -0.3 is 19.7 Å². The number of rotatable bonds is 7. The summed E-state index contributed by atoms with van der Waals surface area (Å²) < 4.78 is 11.8. The van der Waals surface area contributed by atoms with E-state index >= 15 is 0 Å². The molecule has 2 saturated heterocycles. The molecular weight excluding hydrogens is 340 g/mol. The van der Waals surface area contributed by atoms with E-state index in [9.17, 15) is 0 Å². The van der Waals surface area contributed by atoms with E-state index in [2.05, 4.69) is 50.4 Å². The maximum atomic E-state index is 6.08. The van der Waals surface area contributed by atoms with Crippen molar-refractivity contribution in [2.75, 3.05) is 53.0 Å². The third-order valence-corrected chi connectivity index (χ3v) is 5.74. The summed E-state index contributed by atoms with van der Waals surface area (Å²) in [6.45, 7) is 7.11. The van der Waals surface area contributed by atoms with E-state index in [1.165, 1.54) is 18.4 Å². The number of benzene rings is 1. The first-order valence-electron chi connectivity index (χ1n) is 10.3. The van der Waals surface area contributed by atoms with E-state index < -0.39 is 0 Å². The lowest BCUT2D eigenvalue weighted by Gasteiger charge is -2.36. The largest absolute Gasteiger partial charge is 0.379 e. The second kappa shape index (κ2) is 9.04. The van der Waals surface area contributed by atoms with Crippen molar-refractivity contribution in [3.63, 3.8) is 0 Å². The molecule has 27 heavy (non-hydrogen) atoms. The molecule has 1 aliphatic carbocycles. The van der Waals surface area contributed by atoms with Crippen molar-refractivity contribution in [2.24, 2.45) is 10.9 Å². The molecule has 1 N–H and O–H groups in total. The maximum Gasteiger partial charge on any atom is 0.193 e. The number of guanidine groups is 1. The molecule has 0 bridgehead atoms. The number of hydrogen-bond acceptors (Lipinski definition) is 4. The molecule has 1 aromatic rings. The van der Waals surface area contributed by atoms with Gasteiger partial charge in [-0.25, -0.2) is 0 Å². The van der Waals surface area contributed by atoms with Crippen LogP contribution in [0.25, 0.3) is 0 Å². The van der Waals surface area contributed by atoms with E-state index in [-0.39, 0.29) is 6.10 Å². The van der Waals surface area contributed by atoms with Crippen LogP contribution in [0.1, 0.15) is 18.4 Å². The van der Waals surface area contributed by atoms with Gasteiger partial charge in [0.25, 0.3) is 0 Å². The van der Waals surface area contributed by atoms with Crippen molar-refractivity contribution in [1.82, 2.24) is 15.1 Å². The van der Waals surface area contributed by atoms with Crippen molar-refractivity contribution in [1.29, 1.82) is 0 Å². The van der Waals surface area contributed by atoms with Gasteiger partial charge in [-0.15, -0.1) is 0 Å². The average molecular weight is 373 g/mol. The van der Waals surface area contributed by atoms with Crippen molar-refractivity contribution in [2.45, 2.75) is 31.5 Å². The Morgan fingerprint density at radius 1 is 1.26 bits per heavy atom. The van der Waals surface area contributed by atoms with Crippen LogP contribution < -0.4 is 5.32 Å². The number of ether oxygens (including phenoxy) is 2. The highest BCUT2D eigenvalue weighted by Gasteiger charge is 2.41. The molecule has 148 valence electrons. The zero-order valence-corrected chi connectivity index (χ0v) is 16.3. The third kappa shape index (κ3) is 5.00. The molecule has 0 radical (unpaired) electrons. The molecule has 6 heteroatoms. The highest BCUT2D eigenvalue weighted by molar-refractivity contribution is 5.80. The number of likely N-dealkylation sites (tertiary alicyclic amines) is 1. The Balaban J connectivity index is 1.28. The molecule has 4 rings (SSSR count). The fourth-order valence-corrected chi connectivity index (χ4v) is 4.05. The molecule has 0 amide bonds. The highest BCUT2D eigenvalue weighted by Crippen LogP contribution is 2.28. The zero-order chi connectivity index (χ0) is 18.5. The van der Waals surface area contributed by atoms with Gasteiger partial charge in [0.2, 0.25) is 0 Å². The molecule has 6 nitrogen and oxygen atoms in total. The number of nitrogens with one attached hydrogen (secondary N) is 1. The third-order valence-electron chi connectivity index (χ3n) is 5.74. The standard InChI is InChI=1S/C21H32N4O2/c1-22-21(23-9-11-26-16-18-7-8-18)25-14-19-20(15-25)27-12-10-24(19)13-17-5-3-2-4-6-17/h2-6,18-20H,7-16H2,1H3,(H,22,23). The van der Waals surface area contributed by atoms with Crippen LogP contribution in [0.5, 0.6) is 0 Å². The van der Waals surface area contributed by atoms with Gasteiger partial charge in [0.15, 0.2) is 5.96 Å². The van der Waals surface area contributed by atoms with E-state index in [4.69, 9.17) is 9.47 Å². The molecule has 0 spiro atoms. The van der Waals surface area contributed by atoms with Crippen LogP contribution in [0.2, 0.25) is 0 Å². The zero-order valence-electron chi connectivity index (χ0n) is 16.3. The van der Waals surface area contributed by atoms with Crippen molar-refractivity contribution >= 4 is 5.96 Å². The fourth-order valence-electron chi connectivity index (χ4n) is 4.05. The summed E-state index contributed by atoms with van der Waals surface area (Å²) in [5, 5.41) is 3.46. The van der Waals surface area contributed by atoms with Gasteiger partial charge in [0.1, 0.15) is 0 Å². The van der Waals surface area contributed by atoms with Crippen LogP contribution in [0.3, 0.4) is 0 Å². The van der Waals surface area contributed by atoms with Gasteiger partial charge >= 0.3 is 0 Å². The minimum atomic E-state index is 0.257. The van der Waals surface area contributed by atoms with Crippen molar-refractivity contribution in [3.05, 3.63) is 35.9 Å². The fraction of sp³-hybridized carbons (Fsp3) is 0.667. The Kier molecular flexibility index (Phi) is 6.27. The Bertz CT molecular complexity index is 620. The van der Waals surface area contributed by atoms with Crippen LogP contribution >= 0.6 is 0 Å². The molecule has 3 aliphatic rings. The van der Waals surface area contributed by atoms with Gasteiger partial charge in [-0.3, -0.25) is 9.89 Å². The monoisotopic (exact) mass is 372 g/mol. The summed E-state index contributed by atoms with van der Waals surface area (Å²) in [5.41, 5.74) is 1.37. The van der Waals surface area contributed by atoms with Crippen LogP contribution in [0.4, 0.5) is 0 Å². The topological polar surface area (TPSA) is 49.3 Å². The van der Waals surface area contributed by atoms with Crippen LogP contribution in [0.15, 0.2) is 35.3 Å². The van der Waals surface area contributed by atoms with Gasteiger partial charge in [-0.1, -0.05) is 30.3 Å². The number of nitrogens with zero attached hydrogens (tertiary/aromatic N) is 3. The van der Waals surface area contributed by atoms with Gasteiger partial charge in [0, 0.05) is 46.4 Å².